The summed E-state index contributed by atoms with van der Waals surface area (Å²) in [6.07, 6.45) is 78.5. The fourth-order valence-corrected chi connectivity index (χ4v) is 8.07. The molecule has 0 bridgehead atoms. The minimum Gasteiger partial charge on any atom is -0.462 e. The Morgan fingerprint density at radius 1 is 0.296 bits per heavy atom. The molecule has 0 rings (SSSR count). The first-order chi connectivity index (χ1) is 35.0. The normalized spacial score (nSPS) is 12.8. The van der Waals surface area contributed by atoms with Crippen molar-refractivity contribution in [1.29, 1.82) is 0 Å². The molecule has 0 aliphatic rings. The minimum absolute atomic E-state index is 0.0978. The van der Waals surface area contributed by atoms with Crippen molar-refractivity contribution in [3.05, 3.63) is 97.2 Å². The van der Waals surface area contributed by atoms with Gasteiger partial charge in [-0.3, -0.25) is 14.4 Å². The van der Waals surface area contributed by atoms with Gasteiger partial charge in [-0.05, 0) is 116 Å². The van der Waals surface area contributed by atoms with Crippen LogP contribution in [0.1, 0.15) is 278 Å². The van der Waals surface area contributed by atoms with E-state index in [1.807, 2.05) is 0 Å². The highest BCUT2D eigenvalue weighted by Crippen LogP contribution is 2.15. The van der Waals surface area contributed by atoms with Gasteiger partial charge in [0.15, 0.2) is 6.10 Å². The molecule has 0 aromatic heterocycles. The Morgan fingerprint density at radius 2 is 0.563 bits per heavy atom. The molecule has 0 fully saturated rings. The molecule has 71 heavy (non-hydrogen) atoms. The predicted octanol–water partition coefficient (Wildman–Crippen LogP) is 20.1. The lowest BCUT2D eigenvalue weighted by molar-refractivity contribution is -0.167. The minimum atomic E-state index is -0.803. The molecule has 0 saturated heterocycles. The summed E-state index contributed by atoms with van der Waals surface area (Å²) < 4.78 is 16.8. The average Bonchev–Trinajstić information content (AvgIpc) is 3.37. The molecular formula is C65H110O6. The van der Waals surface area contributed by atoms with Crippen molar-refractivity contribution in [1.82, 2.24) is 0 Å². The number of hydrogen-bond acceptors (Lipinski definition) is 6. The van der Waals surface area contributed by atoms with Crippen LogP contribution in [0.25, 0.3) is 0 Å². The van der Waals surface area contributed by atoms with Gasteiger partial charge in [-0.2, -0.15) is 0 Å². The average molecular weight is 988 g/mol. The molecule has 0 heterocycles. The van der Waals surface area contributed by atoms with E-state index in [4.69, 9.17) is 14.2 Å². The Morgan fingerprint density at radius 3 is 0.944 bits per heavy atom. The summed E-state index contributed by atoms with van der Waals surface area (Å²) in [5.74, 6) is -0.949. The van der Waals surface area contributed by atoms with Crippen molar-refractivity contribution in [2.45, 2.75) is 284 Å². The third-order valence-corrected chi connectivity index (χ3v) is 12.5. The molecule has 0 aliphatic carbocycles. The van der Waals surface area contributed by atoms with E-state index in [9.17, 15) is 14.4 Å². The number of esters is 3. The first-order valence-corrected chi connectivity index (χ1v) is 29.7. The van der Waals surface area contributed by atoms with Gasteiger partial charge in [0.2, 0.25) is 0 Å². The zero-order valence-electron chi connectivity index (χ0n) is 46.5. The Kier molecular flexibility index (Phi) is 55.9. The first kappa shape index (κ1) is 67.3. The molecule has 0 spiro atoms. The standard InChI is InChI=1S/C65H110O6/c1-4-7-10-13-16-19-22-24-26-27-28-29-30-31-32-33-34-35-36-37-39-40-43-46-49-52-55-58-64(67)70-61-62(60-69-63(66)57-54-51-48-45-42-21-18-15-12-9-6-3)71-65(68)59-56-53-50-47-44-41-38-25-23-20-17-14-11-8-5-2/h8,11,15,17-18,20,22,24-25,27-28,30-31,38,44,47,62H,4-7,9-10,12-14,16,19,21,23,26,29,32-37,39-43,45-46,48-61H2,1-3H3/b11-8-,18-15-,20-17-,24-22-,28-27-,31-30-,38-25-,47-44-. The van der Waals surface area contributed by atoms with Crippen LogP contribution in [0.2, 0.25) is 0 Å². The highest BCUT2D eigenvalue weighted by Gasteiger charge is 2.19. The van der Waals surface area contributed by atoms with Gasteiger partial charge in [0.25, 0.3) is 0 Å². The number of allylic oxidation sites excluding steroid dienone is 16. The third kappa shape index (κ3) is 57.1. The fraction of sp³-hybridized carbons (Fsp3) is 0.708. The van der Waals surface area contributed by atoms with E-state index in [0.717, 1.165) is 103 Å². The molecule has 0 aliphatic heterocycles. The maximum Gasteiger partial charge on any atom is 0.306 e. The second-order valence-corrected chi connectivity index (χ2v) is 19.5. The molecule has 0 radical (unpaired) electrons. The summed E-state index contributed by atoms with van der Waals surface area (Å²) in [6, 6.07) is 0. The predicted molar refractivity (Wildman–Crippen MR) is 307 cm³/mol. The van der Waals surface area contributed by atoms with Crippen LogP contribution in [0.4, 0.5) is 0 Å². The van der Waals surface area contributed by atoms with Crippen LogP contribution >= 0.6 is 0 Å². The lowest BCUT2D eigenvalue weighted by atomic mass is 10.0. The van der Waals surface area contributed by atoms with Crippen molar-refractivity contribution < 1.29 is 28.6 Å². The van der Waals surface area contributed by atoms with Crippen molar-refractivity contribution in [2.75, 3.05) is 13.2 Å². The molecule has 0 N–H and O–H groups in total. The monoisotopic (exact) mass is 987 g/mol. The maximum atomic E-state index is 12.8. The van der Waals surface area contributed by atoms with Crippen molar-refractivity contribution in [2.24, 2.45) is 0 Å². The molecule has 1 unspecified atom stereocenters. The molecular weight excluding hydrogens is 877 g/mol. The van der Waals surface area contributed by atoms with Gasteiger partial charge in [0.1, 0.15) is 13.2 Å². The van der Waals surface area contributed by atoms with Crippen molar-refractivity contribution in [3.8, 4) is 0 Å². The number of rotatable bonds is 53. The van der Waals surface area contributed by atoms with Gasteiger partial charge < -0.3 is 14.2 Å². The topological polar surface area (TPSA) is 78.9 Å². The van der Waals surface area contributed by atoms with E-state index in [0.29, 0.717) is 19.3 Å². The van der Waals surface area contributed by atoms with Crippen molar-refractivity contribution in [3.63, 3.8) is 0 Å². The smallest absolute Gasteiger partial charge is 0.306 e. The molecule has 0 saturated carbocycles. The summed E-state index contributed by atoms with van der Waals surface area (Å²) in [5.41, 5.74) is 0. The highest BCUT2D eigenvalue weighted by atomic mass is 16.6. The molecule has 0 amide bonds. The van der Waals surface area contributed by atoms with Gasteiger partial charge >= 0.3 is 17.9 Å². The number of unbranched alkanes of at least 4 members (excludes halogenated alkanes) is 26. The molecule has 0 aromatic rings. The lowest BCUT2D eigenvalue weighted by Crippen LogP contribution is -2.30. The van der Waals surface area contributed by atoms with Crippen LogP contribution < -0.4 is 0 Å². The maximum absolute atomic E-state index is 12.8. The molecule has 406 valence electrons. The summed E-state index contributed by atoms with van der Waals surface area (Å²) in [5, 5.41) is 0. The fourth-order valence-electron chi connectivity index (χ4n) is 8.07. The first-order valence-electron chi connectivity index (χ1n) is 29.7. The second-order valence-electron chi connectivity index (χ2n) is 19.5. The zero-order chi connectivity index (χ0) is 51.4. The second kappa shape index (κ2) is 58.9. The Hall–Kier alpha value is -3.67. The van der Waals surface area contributed by atoms with Crippen LogP contribution in [0.5, 0.6) is 0 Å². The summed E-state index contributed by atoms with van der Waals surface area (Å²) in [4.78, 5) is 38.1. The molecule has 6 heteroatoms. The van der Waals surface area contributed by atoms with E-state index >= 15 is 0 Å². The summed E-state index contributed by atoms with van der Waals surface area (Å²) in [6.45, 7) is 6.44. The van der Waals surface area contributed by atoms with E-state index < -0.39 is 6.10 Å². The van der Waals surface area contributed by atoms with Crippen LogP contribution in [0, 0.1) is 0 Å². The van der Waals surface area contributed by atoms with E-state index in [1.165, 1.54) is 128 Å². The Labute approximate surface area is 438 Å². The molecule has 6 nitrogen and oxygen atoms in total. The summed E-state index contributed by atoms with van der Waals surface area (Å²) >= 11 is 0. The Bertz CT molecular complexity index is 1410. The van der Waals surface area contributed by atoms with Crippen LogP contribution in [0.15, 0.2) is 97.2 Å². The van der Waals surface area contributed by atoms with Crippen LogP contribution in [0.3, 0.4) is 0 Å². The van der Waals surface area contributed by atoms with E-state index in [1.54, 1.807) is 0 Å². The van der Waals surface area contributed by atoms with Gasteiger partial charge in [-0.15, -0.1) is 0 Å². The van der Waals surface area contributed by atoms with Crippen LogP contribution in [-0.4, -0.2) is 37.2 Å². The lowest BCUT2D eigenvalue weighted by Gasteiger charge is -2.18. The number of ether oxygens (including phenoxy) is 3. The number of carbonyl (C=O) groups is 3. The third-order valence-electron chi connectivity index (χ3n) is 12.5. The van der Waals surface area contributed by atoms with Gasteiger partial charge in [0, 0.05) is 19.3 Å². The van der Waals surface area contributed by atoms with E-state index in [-0.39, 0.29) is 37.5 Å². The van der Waals surface area contributed by atoms with Crippen molar-refractivity contribution >= 4 is 17.9 Å². The Balaban J connectivity index is 4.28. The highest BCUT2D eigenvalue weighted by molar-refractivity contribution is 5.71. The van der Waals surface area contributed by atoms with E-state index in [2.05, 4.69) is 118 Å². The number of carbonyl (C=O) groups excluding carboxylic acids is 3. The van der Waals surface area contributed by atoms with Gasteiger partial charge in [-0.1, -0.05) is 240 Å². The largest absolute Gasteiger partial charge is 0.462 e. The van der Waals surface area contributed by atoms with Gasteiger partial charge in [-0.25, -0.2) is 0 Å². The molecule has 1 atom stereocenters. The summed E-state index contributed by atoms with van der Waals surface area (Å²) in [7, 11) is 0. The van der Waals surface area contributed by atoms with Gasteiger partial charge in [0.05, 0.1) is 0 Å². The number of hydrogen-bond donors (Lipinski definition) is 0. The SMILES string of the molecule is CC/C=C\C/C=C\C/C=C\C/C=C\CCCCC(=O)OC(COC(=O)CCCCCCC/C=C\CCCC)COC(=O)CCCCCCCCCCCCCC/C=C\C/C=C\C/C=C\CCCCCCC. The van der Waals surface area contributed by atoms with Crippen LogP contribution in [-0.2, 0) is 28.6 Å². The zero-order valence-corrected chi connectivity index (χ0v) is 46.5. The molecule has 0 aromatic carbocycles. The quantitative estimate of drug-likeness (QED) is 0.0261.